The second kappa shape index (κ2) is 6.59. The first-order valence-corrected chi connectivity index (χ1v) is 7.98. The molecule has 0 saturated heterocycles. The molecule has 2 fully saturated rings. The Morgan fingerprint density at radius 1 is 1.20 bits per heavy atom. The number of hydrogen-bond acceptors (Lipinski definition) is 2. The summed E-state index contributed by atoms with van der Waals surface area (Å²) < 4.78 is 0. The number of carboxylic acid groups (broad SMARTS) is 1. The fraction of sp³-hybridized carbons (Fsp3) is 0.875. The molecule has 0 aromatic carbocycles. The minimum absolute atomic E-state index is 0.0530. The maximum atomic E-state index is 12.2. The monoisotopic (exact) mass is 281 g/mol. The van der Waals surface area contributed by atoms with Crippen molar-refractivity contribution in [3.05, 3.63) is 0 Å². The molecule has 0 heterocycles. The smallest absolute Gasteiger partial charge is 0.303 e. The Bertz CT molecular complexity index is 355. The number of nitrogens with one attached hydrogen (secondary N) is 1. The highest BCUT2D eigenvalue weighted by atomic mass is 16.4. The Hall–Kier alpha value is -1.06. The molecule has 0 aromatic heterocycles. The molecule has 3 atom stereocenters. The quantitative estimate of drug-likeness (QED) is 0.754. The van der Waals surface area contributed by atoms with E-state index in [0.717, 1.165) is 6.42 Å². The molecule has 0 aromatic rings. The topological polar surface area (TPSA) is 66.4 Å². The molecule has 114 valence electrons. The van der Waals surface area contributed by atoms with E-state index in [9.17, 15) is 9.59 Å². The van der Waals surface area contributed by atoms with Crippen LogP contribution in [-0.4, -0.2) is 23.5 Å². The Morgan fingerprint density at radius 2 is 1.80 bits per heavy atom. The highest BCUT2D eigenvalue weighted by molar-refractivity contribution is 5.82. The number of aliphatic carboxylic acids is 1. The van der Waals surface area contributed by atoms with Crippen LogP contribution in [0, 0.1) is 29.6 Å². The number of rotatable bonds is 7. The Labute approximate surface area is 121 Å². The summed E-state index contributed by atoms with van der Waals surface area (Å²) in [5.41, 5.74) is 0. The predicted octanol–water partition coefficient (Wildman–Crippen LogP) is 2.68. The van der Waals surface area contributed by atoms with E-state index < -0.39 is 5.97 Å². The van der Waals surface area contributed by atoms with E-state index in [2.05, 4.69) is 19.2 Å². The lowest BCUT2D eigenvalue weighted by molar-refractivity contribution is -0.138. The van der Waals surface area contributed by atoms with Gasteiger partial charge in [-0.15, -0.1) is 0 Å². The predicted molar refractivity (Wildman–Crippen MR) is 77.1 cm³/mol. The lowest BCUT2D eigenvalue weighted by Crippen LogP contribution is -2.32. The van der Waals surface area contributed by atoms with E-state index in [0.29, 0.717) is 24.3 Å². The zero-order valence-electron chi connectivity index (χ0n) is 12.6. The number of carbonyl (C=O) groups excluding carboxylic acids is 1. The van der Waals surface area contributed by atoms with E-state index in [4.69, 9.17) is 5.11 Å². The summed E-state index contributed by atoms with van der Waals surface area (Å²) in [4.78, 5) is 23.1. The summed E-state index contributed by atoms with van der Waals surface area (Å²) in [5.74, 6) is 1.36. The van der Waals surface area contributed by atoms with Crippen molar-refractivity contribution in [3.63, 3.8) is 0 Å². The lowest BCUT2D eigenvalue weighted by Gasteiger charge is -2.17. The van der Waals surface area contributed by atoms with Gasteiger partial charge >= 0.3 is 5.97 Å². The van der Waals surface area contributed by atoms with Crippen molar-refractivity contribution >= 4 is 11.9 Å². The lowest BCUT2D eigenvalue weighted by atomic mass is 9.94. The molecule has 0 aliphatic heterocycles. The first-order chi connectivity index (χ1) is 9.49. The summed E-state index contributed by atoms with van der Waals surface area (Å²) >= 11 is 0. The van der Waals surface area contributed by atoms with Crippen molar-refractivity contribution < 1.29 is 14.7 Å². The second-order valence-electron chi connectivity index (χ2n) is 6.98. The molecule has 2 aliphatic rings. The van der Waals surface area contributed by atoms with Crippen LogP contribution in [0.5, 0.6) is 0 Å². The van der Waals surface area contributed by atoms with Crippen LogP contribution in [0.3, 0.4) is 0 Å². The highest BCUT2D eigenvalue weighted by Crippen LogP contribution is 2.55. The molecule has 2 aliphatic carbocycles. The molecule has 0 spiro atoms. The minimum Gasteiger partial charge on any atom is -0.481 e. The molecule has 0 bridgehead atoms. The summed E-state index contributed by atoms with van der Waals surface area (Å²) in [6.07, 6.45) is 5.93. The minimum atomic E-state index is -0.773. The fourth-order valence-corrected chi connectivity index (χ4v) is 3.90. The molecule has 3 unspecified atom stereocenters. The highest BCUT2D eigenvalue weighted by Gasteiger charge is 2.54. The van der Waals surface area contributed by atoms with Gasteiger partial charge in [-0.3, -0.25) is 9.59 Å². The van der Waals surface area contributed by atoms with Crippen molar-refractivity contribution in [1.82, 2.24) is 5.32 Å². The maximum absolute atomic E-state index is 12.2. The molecular weight excluding hydrogens is 254 g/mol. The number of carboxylic acids is 1. The summed E-state index contributed by atoms with van der Waals surface area (Å²) in [7, 11) is 0. The average Bonchev–Trinajstić information content (AvgIpc) is 3.08. The van der Waals surface area contributed by atoms with Gasteiger partial charge in [0.2, 0.25) is 5.91 Å². The number of fused-ring (bicyclic) bond motifs is 1. The van der Waals surface area contributed by atoms with Gasteiger partial charge in [0.1, 0.15) is 0 Å². The molecule has 2 N–H and O–H groups in total. The van der Waals surface area contributed by atoms with Crippen LogP contribution in [0.15, 0.2) is 0 Å². The second-order valence-corrected chi connectivity index (χ2v) is 6.98. The Balaban J connectivity index is 1.76. The zero-order chi connectivity index (χ0) is 14.7. The van der Waals surface area contributed by atoms with Crippen LogP contribution >= 0.6 is 0 Å². The fourth-order valence-electron chi connectivity index (χ4n) is 3.90. The number of carbonyl (C=O) groups is 2. The number of hydrogen-bond donors (Lipinski definition) is 2. The third-order valence-electron chi connectivity index (χ3n) is 4.79. The first-order valence-electron chi connectivity index (χ1n) is 7.98. The zero-order valence-corrected chi connectivity index (χ0v) is 12.6. The summed E-state index contributed by atoms with van der Waals surface area (Å²) in [5, 5.41) is 11.9. The molecule has 0 radical (unpaired) electrons. The van der Waals surface area contributed by atoms with Crippen molar-refractivity contribution in [2.75, 3.05) is 6.54 Å². The van der Waals surface area contributed by atoms with Gasteiger partial charge in [0, 0.05) is 18.9 Å². The van der Waals surface area contributed by atoms with Gasteiger partial charge in [-0.05, 0) is 42.9 Å². The van der Waals surface area contributed by atoms with E-state index in [1.54, 1.807) is 0 Å². The summed E-state index contributed by atoms with van der Waals surface area (Å²) in [6, 6.07) is 0. The van der Waals surface area contributed by atoms with Crippen LogP contribution in [0.25, 0.3) is 0 Å². The van der Waals surface area contributed by atoms with Gasteiger partial charge in [-0.2, -0.15) is 0 Å². The third kappa shape index (κ3) is 3.97. The standard InChI is InChI=1S/C16H27NO3/c1-10(2)7-11(8-14(18)19)9-17-16(20)15-12-5-3-4-6-13(12)15/h10-13,15H,3-9H2,1-2H3,(H,17,20)(H,18,19). The molecule has 2 saturated carbocycles. The van der Waals surface area contributed by atoms with E-state index >= 15 is 0 Å². The molecule has 2 rings (SSSR count). The third-order valence-corrected chi connectivity index (χ3v) is 4.79. The van der Waals surface area contributed by atoms with E-state index in [-0.39, 0.29) is 24.2 Å². The van der Waals surface area contributed by atoms with E-state index in [1.807, 2.05) is 0 Å². The van der Waals surface area contributed by atoms with Gasteiger partial charge in [0.15, 0.2) is 0 Å². The van der Waals surface area contributed by atoms with Gasteiger partial charge in [-0.25, -0.2) is 0 Å². The average molecular weight is 281 g/mol. The Morgan fingerprint density at radius 3 is 2.30 bits per heavy atom. The van der Waals surface area contributed by atoms with Crippen LogP contribution < -0.4 is 5.32 Å². The van der Waals surface area contributed by atoms with Gasteiger partial charge in [0.05, 0.1) is 0 Å². The van der Waals surface area contributed by atoms with Crippen molar-refractivity contribution in [2.45, 2.75) is 52.4 Å². The van der Waals surface area contributed by atoms with Crippen LogP contribution in [0.4, 0.5) is 0 Å². The molecule has 1 amide bonds. The molecule has 4 nitrogen and oxygen atoms in total. The van der Waals surface area contributed by atoms with Gasteiger partial charge in [0.25, 0.3) is 0 Å². The van der Waals surface area contributed by atoms with Crippen molar-refractivity contribution in [1.29, 1.82) is 0 Å². The van der Waals surface area contributed by atoms with Crippen LogP contribution in [0.1, 0.15) is 52.4 Å². The first kappa shape index (κ1) is 15.3. The Kier molecular flexibility index (Phi) is 5.06. The van der Waals surface area contributed by atoms with Crippen LogP contribution in [-0.2, 0) is 9.59 Å². The number of amides is 1. The van der Waals surface area contributed by atoms with Gasteiger partial charge < -0.3 is 10.4 Å². The normalized spacial score (nSPS) is 29.6. The van der Waals surface area contributed by atoms with Crippen LogP contribution in [0.2, 0.25) is 0 Å². The van der Waals surface area contributed by atoms with Crippen molar-refractivity contribution in [2.24, 2.45) is 29.6 Å². The molecule has 4 heteroatoms. The SMILES string of the molecule is CC(C)CC(CNC(=O)C1C2CCCCC21)CC(=O)O. The van der Waals surface area contributed by atoms with Gasteiger partial charge in [-0.1, -0.05) is 26.7 Å². The van der Waals surface area contributed by atoms with E-state index in [1.165, 1.54) is 25.7 Å². The molecular formula is C16H27NO3. The maximum Gasteiger partial charge on any atom is 0.303 e. The van der Waals surface area contributed by atoms with Crippen molar-refractivity contribution in [3.8, 4) is 0 Å². The molecule has 20 heavy (non-hydrogen) atoms. The largest absolute Gasteiger partial charge is 0.481 e. The summed E-state index contributed by atoms with van der Waals surface area (Å²) in [6.45, 7) is 4.69.